The highest BCUT2D eigenvalue weighted by Crippen LogP contribution is 2.12. The molecular weight excluding hydrogens is 280 g/mol. The molecule has 1 aromatic heterocycles. The third-order valence-electron chi connectivity index (χ3n) is 0.978. The predicted octanol–water partition coefficient (Wildman–Crippen LogP) is 2.04. The molecule has 0 bridgehead atoms. The molecule has 0 fully saturated rings. The van der Waals surface area contributed by atoms with Crippen LogP contribution in [0, 0.1) is 3.57 Å². The first-order valence-electron chi connectivity index (χ1n) is 2.66. The highest BCUT2D eigenvalue weighted by molar-refractivity contribution is 14.1. The zero-order valence-electron chi connectivity index (χ0n) is 5.21. The third kappa shape index (κ3) is 2.30. The zero-order valence-corrected chi connectivity index (χ0v) is 8.13. The van der Waals surface area contributed by atoms with Crippen molar-refractivity contribution in [3.63, 3.8) is 0 Å². The van der Waals surface area contributed by atoms with Crippen molar-refractivity contribution in [2.24, 2.45) is 0 Å². The van der Waals surface area contributed by atoms with Crippen molar-refractivity contribution in [3.8, 4) is 0 Å². The van der Waals surface area contributed by atoms with Crippen LogP contribution >= 0.6 is 34.2 Å². The number of pyridine rings is 1. The van der Waals surface area contributed by atoms with Crippen molar-refractivity contribution in [2.75, 3.05) is 0 Å². The van der Waals surface area contributed by atoms with Crippen molar-refractivity contribution in [3.05, 3.63) is 26.5 Å². The minimum atomic E-state index is -1.06. The Morgan fingerprint density at radius 2 is 2.27 bits per heavy atom. The van der Waals surface area contributed by atoms with Gasteiger partial charge in [-0.15, -0.1) is 0 Å². The van der Waals surface area contributed by atoms with Gasteiger partial charge in [0.15, 0.2) is 5.69 Å². The molecule has 0 saturated carbocycles. The number of halogens is 2. The number of hydrogen-bond donors (Lipinski definition) is 1. The highest BCUT2D eigenvalue weighted by atomic mass is 127. The summed E-state index contributed by atoms with van der Waals surface area (Å²) in [5, 5.41) is 8.71. The number of hydrogen-bond acceptors (Lipinski definition) is 2. The second-order valence-electron chi connectivity index (χ2n) is 1.80. The van der Waals surface area contributed by atoms with Crippen LogP contribution in [0.25, 0.3) is 0 Å². The van der Waals surface area contributed by atoms with Gasteiger partial charge in [-0.1, -0.05) is 11.6 Å². The largest absolute Gasteiger partial charge is 0.477 e. The van der Waals surface area contributed by atoms with Crippen molar-refractivity contribution >= 4 is 40.2 Å². The molecule has 1 aromatic rings. The molecule has 0 saturated heterocycles. The molecule has 0 unspecified atom stereocenters. The SMILES string of the molecule is O=C(O)c1cc(I)cc(Cl)n1. The molecule has 11 heavy (non-hydrogen) atoms. The molecule has 1 N–H and O–H groups in total. The van der Waals surface area contributed by atoms with Crippen LogP contribution < -0.4 is 0 Å². The van der Waals surface area contributed by atoms with E-state index < -0.39 is 5.97 Å². The average molecular weight is 283 g/mol. The summed E-state index contributed by atoms with van der Waals surface area (Å²) in [5.74, 6) is -1.06. The Morgan fingerprint density at radius 3 is 2.73 bits per heavy atom. The van der Waals surface area contributed by atoms with Gasteiger partial charge in [-0.25, -0.2) is 9.78 Å². The number of rotatable bonds is 1. The summed E-state index contributed by atoms with van der Waals surface area (Å²) in [5.41, 5.74) is -0.0260. The zero-order chi connectivity index (χ0) is 8.43. The first-order valence-corrected chi connectivity index (χ1v) is 4.11. The quantitative estimate of drug-likeness (QED) is 0.634. The van der Waals surface area contributed by atoms with Gasteiger partial charge >= 0.3 is 5.97 Å². The lowest BCUT2D eigenvalue weighted by molar-refractivity contribution is 0.0690. The van der Waals surface area contributed by atoms with Crippen LogP contribution in [0.3, 0.4) is 0 Å². The minimum Gasteiger partial charge on any atom is -0.477 e. The molecule has 0 atom stereocenters. The first-order chi connectivity index (χ1) is 5.09. The third-order valence-corrected chi connectivity index (χ3v) is 1.79. The van der Waals surface area contributed by atoms with E-state index in [1.165, 1.54) is 6.07 Å². The molecule has 58 valence electrons. The number of carbonyl (C=O) groups is 1. The molecule has 1 rings (SSSR count). The Balaban J connectivity index is 3.19. The van der Waals surface area contributed by atoms with E-state index in [9.17, 15) is 4.79 Å². The van der Waals surface area contributed by atoms with Crippen molar-refractivity contribution in [1.82, 2.24) is 4.98 Å². The Kier molecular flexibility index (Phi) is 2.67. The lowest BCUT2D eigenvalue weighted by Gasteiger charge is -1.95. The van der Waals surface area contributed by atoms with E-state index in [1.54, 1.807) is 6.07 Å². The van der Waals surface area contributed by atoms with E-state index in [1.807, 2.05) is 22.6 Å². The van der Waals surface area contributed by atoms with Gasteiger partial charge in [-0.05, 0) is 34.7 Å². The van der Waals surface area contributed by atoms with Gasteiger partial charge in [0.05, 0.1) is 0 Å². The maximum Gasteiger partial charge on any atom is 0.354 e. The summed E-state index contributed by atoms with van der Waals surface area (Å²) in [6.07, 6.45) is 0. The number of carboxylic acids is 1. The number of carboxylic acid groups (broad SMARTS) is 1. The Morgan fingerprint density at radius 1 is 1.64 bits per heavy atom. The maximum atomic E-state index is 10.4. The molecule has 5 heteroatoms. The van der Waals surface area contributed by atoms with Gasteiger partial charge in [-0.3, -0.25) is 0 Å². The van der Waals surface area contributed by atoms with E-state index in [0.717, 1.165) is 3.57 Å². The van der Waals surface area contributed by atoms with Crippen LogP contribution in [-0.4, -0.2) is 16.1 Å². The van der Waals surface area contributed by atoms with Gasteiger partial charge in [0, 0.05) is 3.57 Å². The lowest BCUT2D eigenvalue weighted by atomic mass is 10.4. The molecule has 0 amide bonds. The molecule has 3 nitrogen and oxygen atoms in total. The van der Waals surface area contributed by atoms with Gasteiger partial charge in [0.1, 0.15) is 5.15 Å². The molecule has 1 heterocycles. The summed E-state index contributed by atoms with van der Waals surface area (Å²) in [4.78, 5) is 14.0. The molecule has 0 spiro atoms. The predicted molar refractivity (Wildman–Crippen MR) is 48.9 cm³/mol. The van der Waals surface area contributed by atoms with Crippen LogP contribution in [0.5, 0.6) is 0 Å². The summed E-state index contributed by atoms with van der Waals surface area (Å²) >= 11 is 7.49. The van der Waals surface area contributed by atoms with Crippen molar-refractivity contribution in [1.29, 1.82) is 0 Å². The monoisotopic (exact) mass is 283 g/mol. The highest BCUT2D eigenvalue weighted by Gasteiger charge is 2.05. The molecular formula is C6H3ClINO2. The fourth-order valence-corrected chi connectivity index (χ4v) is 1.56. The summed E-state index contributed by atoms with van der Waals surface area (Å²) in [7, 11) is 0. The van der Waals surface area contributed by atoms with E-state index in [4.69, 9.17) is 16.7 Å². The minimum absolute atomic E-state index is 0.0260. The summed E-state index contributed by atoms with van der Waals surface area (Å²) in [6, 6.07) is 3.04. The average Bonchev–Trinajstić information content (AvgIpc) is 1.85. The molecule has 0 aromatic carbocycles. The van der Waals surface area contributed by atoms with Gasteiger partial charge in [-0.2, -0.15) is 0 Å². The first kappa shape index (κ1) is 8.73. The van der Waals surface area contributed by atoms with Crippen LogP contribution in [0.2, 0.25) is 5.15 Å². The molecule has 0 radical (unpaired) electrons. The normalized spacial score (nSPS) is 9.64. The molecule has 0 aliphatic heterocycles. The topological polar surface area (TPSA) is 50.2 Å². The van der Waals surface area contributed by atoms with E-state index in [2.05, 4.69) is 4.98 Å². The Bertz CT molecular complexity index is 282. The standard InChI is InChI=1S/C6H3ClINO2/c7-5-2-3(8)1-4(9-5)6(10)11/h1-2H,(H,10,11). The van der Waals surface area contributed by atoms with Crippen LogP contribution in [0.1, 0.15) is 10.5 Å². The number of aromatic nitrogens is 1. The fraction of sp³-hybridized carbons (Fsp3) is 0. The van der Waals surface area contributed by atoms with E-state index >= 15 is 0 Å². The summed E-state index contributed by atoms with van der Waals surface area (Å²) in [6.45, 7) is 0. The second kappa shape index (κ2) is 3.36. The fourth-order valence-electron chi connectivity index (χ4n) is 0.575. The smallest absolute Gasteiger partial charge is 0.354 e. The van der Waals surface area contributed by atoms with Crippen molar-refractivity contribution in [2.45, 2.75) is 0 Å². The lowest BCUT2D eigenvalue weighted by Crippen LogP contribution is -2.00. The van der Waals surface area contributed by atoms with Crippen LogP contribution in [-0.2, 0) is 0 Å². The van der Waals surface area contributed by atoms with E-state index in [0.29, 0.717) is 0 Å². The molecule has 0 aliphatic rings. The van der Waals surface area contributed by atoms with Crippen LogP contribution in [0.4, 0.5) is 0 Å². The Hall–Kier alpha value is -0.360. The Labute approximate surface area is 81.5 Å². The summed E-state index contributed by atoms with van der Waals surface area (Å²) < 4.78 is 0.764. The second-order valence-corrected chi connectivity index (χ2v) is 3.43. The van der Waals surface area contributed by atoms with Gasteiger partial charge in [0.25, 0.3) is 0 Å². The van der Waals surface area contributed by atoms with Crippen molar-refractivity contribution < 1.29 is 9.90 Å². The van der Waals surface area contributed by atoms with Crippen LogP contribution in [0.15, 0.2) is 12.1 Å². The number of aromatic carboxylic acids is 1. The van der Waals surface area contributed by atoms with Gasteiger partial charge < -0.3 is 5.11 Å². The van der Waals surface area contributed by atoms with E-state index in [-0.39, 0.29) is 10.8 Å². The number of nitrogens with zero attached hydrogens (tertiary/aromatic N) is 1. The van der Waals surface area contributed by atoms with Gasteiger partial charge in [0.2, 0.25) is 0 Å². The maximum absolute atomic E-state index is 10.4. The molecule has 0 aliphatic carbocycles.